The lowest BCUT2D eigenvalue weighted by molar-refractivity contribution is -0.140. The Morgan fingerprint density at radius 3 is 2.34 bits per heavy atom. The van der Waals surface area contributed by atoms with Gasteiger partial charge in [0.25, 0.3) is 0 Å². The van der Waals surface area contributed by atoms with E-state index >= 15 is 0 Å². The molecule has 0 aromatic heterocycles. The molecule has 1 aliphatic carbocycles. The molecular weight excluding hydrogens is 478 g/mol. The topological polar surface area (TPSA) is 98.1 Å². The van der Waals surface area contributed by atoms with E-state index in [2.05, 4.69) is 6.08 Å². The average molecular weight is 518 g/mol. The highest BCUT2D eigenvalue weighted by atomic mass is 16.3. The number of aliphatic hydroxyl groups is 2. The van der Waals surface area contributed by atoms with Crippen LogP contribution in [0.3, 0.4) is 0 Å². The first-order valence-corrected chi connectivity index (χ1v) is 13.7. The highest BCUT2D eigenvalue weighted by Gasteiger charge is 2.54. The largest absolute Gasteiger partial charge is 0.508 e. The number of fused-ring (bicyclic) bond motifs is 1. The predicted octanol–water partition coefficient (Wildman–Crippen LogP) is 5.05. The van der Waals surface area contributed by atoms with Crippen molar-refractivity contribution in [3.63, 3.8) is 0 Å². The normalized spacial score (nSPS) is 22.8. The zero-order valence-electron chi connectivity index (χ0n) is 22.5. The van der Waals surface area contributed by atoms with Crippen molar-refractivity contribution >= 4 is 23.5 Å². The van der Waals surface area contributed by atoms with Crippen molar-refractivity contribution in [3.05, 3.63) is 76.9 Å². The SMILES string of the molecule is CCCN1C(=O)[C@@H]2[C@@H](CC(C(C)C)=C([C@H](O)CC/C(=C/c3ccc(O)cc3)c3ccccc3)[C@@H]2CO)C1=O. The molecule has 1 heterocycles. The fourth-order valence-electron chi connectivity index (χ4n) is 6.13. The molecule has 0 unspecified atom stereocenters. The van der Waals surface area contributed by atoms with Gasteiger partial charge in [0.05, 0.1) is 24.5 Å². The van der Waals surface area contributed by atoms with Crippen molar-refractivity contribution in [3.8, 4) is 5.75 Å². The number of amides is 2. The summed E-state index contributed by atoms with van der Waals surface area (Å²) in [6.07, 6.45) is 3.34. The molecular formula is C32H39NO5. The molecule has 38 heavy (non-hydrogen) atoms. The van der Waals surface area contributed by atoms with Crippen LogP contribution in [-0.4, -0.2) is 51.3 Å². The van der Waals surface area contributed by atoms with Gasteiger partial charge in [0.1, 0.15) is 5.75 Å². The van der Waals surface area contributed by atoms with Gasteiger partial charge in [-0.05, 0) is 66.0 Å². The lowest BCUT2D eigenvalue weighted by Gasteiger charge is -2.38. The maximum atomic E-state index is 13.3. The molecule has 1 fully saturated rings. The van der Waals surface area contributed by atoms with Crippen LogP contribution in [0.25, 0.3) is 11.6 Å². The number of hydrogen-bond donors (Lipinski definition) is 3. The number of hydrogen-bond acceptors (Lipinski definition) is 5. The summed E-state index contributed by atoms with van der Waals surface area (Å²) in [6, 6.07) is 17.0. The molecule has 2 aliphatic rings. The molecule has 0 spiro atoms. The van der Waals surface area contributed by atoms with Crippen LogP contribution >= 0.6 is 0 Å². The maximum Gasteiger partial charge on any atom is 0.233 e. The van der Waals surface area contributed by atoms with Crippen LogP contribution in [0.1, 0.15) is 57.6 Å². The first-order chi connectivity index (χ1) is 18.3. The van der Waals surface area contributed by atoms with Gasteiger partial charge in [-0.1, -0.05) is 74.9 Å². The molecule has 3 N–H and O–H groups in total. The van der Waals surface area contributed by atoms with Crippen LogP contribution in [0, 0.1) is 23.7 Å². The summed E-state index contributed by atoms with van der Waals surface area (Å²) in [6.45, 7) is 6.14. The van der Waals surface area contributed by atoms with Crippen molar-refractivity contribution in [1.29, 1.82) is 0 Å². The van der Waals surface area contributed by atoms with Gasteiger partial charge in [0.15, 0.2) is 0 Å². The Kier molecular flexibility index (Phi) is 8.85. The van der Waals surface area contributed by atoms with Gasteiger partial charge in [-0.2, -0.15) is 0 Å². The predicted molar refractivity (Wildman–Crippen MR) is 149 cm³/mol. The van der Waals surface area contributed by atoms with E-state index in [4.69, 9.17) is 0 Å². The second kappa shape index (κ2) is 12.1. The number of aliphatic hydroxyl groups excluding tert-OH is 2. The third-order valence-corrected chi connectivity index (χ3v) is 7.98. The van der Waals surface area contributed by atoms with E-state index in [9.17, 15) is 24.9 Å². The van der Waals surface area contributed by atoms with Gasteiger partial charge in [-0.15, -0.1) is 0 Å². The zero-order valence-corrected chi connectivity index (χ0v) is 22.5. The monoisotopic (exact) mass is 517 g/mol. The number of allylic oxidation sites excluding steroid dienone is 2. The lowest BCUT2D eigenvalue weighted by Crippen LogP contribution is -2.39. The van der Waals surface area contributed by atoms with E-state index in [0.717, 1.165) is 27.8 Å². The Morgan fingerprint density at radius 1 is 1.05 bits per heavy atom. The van der Waals surface area contributed by atoms with E-state index in [-0.39, 0.29) is 30.1 Å². The van der Waals surface area contributed by atoms with Crippen LogP contribution in [0.2, 0.25) is 0 Å². The summed E-state index contributed by atoms with van der Waals surface area (Å²) in [5.41, 5.74) is 4.75. The summed E-state index contributed by atoms with van der Waals surface area (Å²) < 4.78 is 0. The maximum absolute atomic E-state index is 13.3. The number of phenolic OH excluding ortho intramolecular Hbond substituents is 1. The molecule has 4 rings (SSSR count). The number of rotatable bonds is 10. The minimum atomic E-state index is -0.847. The molecule has 202 valence electrons. The first-order valence-electron chi connectivity index (χ1n) is 13.7. The van der Waals surface area contributed by atoms with Crippen molar-refractivity contribution in [1.82, 2.24) is 4.90 Å². The van der Waals surface area contributed by atoms with E-state index in [1.165, 1.54) is 4.90 Å². The van der Waals surface area contributed by atoms with Crippen molar-refractivity contribution < 1.29 is 24.9 Å². The van der Waals surface area contributed by atoms with Crippen LogP contribution in [0.5, 0.6) is 5.75 Å². The summed E-state index contributed by atoms with van der Waals surface area (Å²) >= 11 is 0. The number of aromatic hydroxyl groups is 1. The molecule has 0 bridgehead atoms. The molecule has 0 radical (unpaired) electrons. The Morgan fingerprint density at radius 2 is 1.74 bits per heavy atom. The van der Waals surface area contributed by atoms with Crippen LogP contribution in [0.15, 0.2) is 65.7 Å². The van der Waals surface area contributed by atoms with Crippen molar-refractivity contribution in [2.24, 2.45) is 23.7 Å². The summed E-state index contributed by atoms with van der Waals surface area (Å²) in [5, 5.41) is 31.8. The summed E-state index contributed by atoms with van der Waals surface area (Å²) in [5.74, 6) is -1.73. The number of phenols is 1. The summed E-state index contributed by atoms with van der Waals surface area (Å²) in [7, 11) is 0. The molecule has 0 saturated carbocycles. The highest BCUT2D eigenvalue weighted by molar-refractivity contribution is 6.05. The minimum absolute atomic E-state index is 0.0823. The number of carbonyl (C=O) groups is 2. The number of nitrogens with zero attached hydrogens (tertiary/aromatic N) is 1. The Balaban J connectivity index is 1.64. The van der Waals surface area contributed by atoms with Crippen LogP contribution in [-0.2, 0) is 9.59 Å². The van der Waals surface area contributed by atoms with Gasteiger partial charge in [-0.25, -0.2) is 0 Å². The molecule has 6 heteroatoms. The number of imide groups is 1. The molecule has 6 nitrogen and oxygen atoms in total. The fraction of sp³-hybridized carbons (Fsp3) is 0.438. The first kappa shape index (κ1) is 27.8. The van der Waals surface area contributed by atoms with Crippen molar-refractivity contribution in [2.45, 2.75) is 52.6 Å². The highest BCUT2D eigenvalue weighted by Crippen LogP contribution is 2.48. The summed E-state index contributed by atoms with van der Waals surface area (Å²) in [4.78, 5) is 27.8. The Bertz CT molecular complexity index is 1200. The van der Waals surface area contributed by atoms with E-state index in [1.54, 1.807) is 12.1 Å². The van der Waals surface area contributed by atoms with E-state index in [1.807, 2.05) is 63.2 Å². The average Bonchev–Trinajstić information content (AvgIpc) is 3.16. The zero-order chi connectivity index (χ0) is 27.4. The molecule has 4 atom stereocenters. The van der Waals surface area contributed by atoms with Gasteiger partial charge >= 0.3 is 0 Å². The fourth-order valence-corrected chi connectivity index (χ4v) is 6.13. The van der Waals surface area contributed by atoms with Crippen LogP contribution < -0.4 is 0 Å². The standard InChI is InChI=1S/C32H39NO5/c1-4-16-33-31(37)26-18-25(20(2)3)29(27(19-34)30(26)32(33)38)28(36)15-12-23(22-8-6-5-7-9-22)17-21-10-13-24(35)14-11-21/h5-11,13-14,17,20,26-28,30,34-36H,4,12,15-16,18-19H2,1-3H3/b23-17-/t26-,27+,28-,30-/m1/s1. The minimum Gasteiger partial charge on any atom is -0.508 e. The molecule has 1 saturated heterocycles. The van der Waals surface area contributed by atoms with Crippen LogP contribution in [0.4, 0.5) is 0 Å². The lowest BCUT2D eigenvalue weighted by atomic mass is 9.66. The van der Waals surface area contributed by atoms with Gasteiger partial charge in [0, 0.05) is 12.5 Å². The molecule has 2 aromatic rings. The van der Waals surface area contributed by atoms with Crippen molar-refractivity contribution in [2.75, 3.05) is 13.2 Å². The van der Waals surface area contributed by atoms with Gasteiger partial charge in [-0.3, -0.25) is 14.5 Å². The third kappa shape index (κ3) is 5.62. The molecule has 2 amide bonds. The smallest absolute Gasteiger partial charge is 0.233 e. The number of likely N-dealkylation sites (tertiary alicyclic amines) is 1. The second-order valence-corrected chi connectivity index (χ2v) is 10.8. The quantitative estimate of drug-likeness (QED) is 0.233. The third-order valence-electron chi connectivity index (χ3n) is 7.98. The molecule has 2 aromatic carbocycles. The van der Waals surface area contributed by atoms with Gasteiger partial charge < -0.3 is 15.3 Å². The Hall–Kier alpha value is -3.22. The number of carbonyl (C=O) groups excluding carboxylic acids is 2. The van der Waals surface area contributed by atoms with Gasteiger partial charge in [0.2, 0.25) is 11.8 Å². The second-order valence-electron chi connectivity index (χ2n) is 10.8. The number of benzene rings is 2. The van der Waals surface area contributed by atoms with E-state index in [0.29, 0.717) is 32.2 Å². The molecule has 1 aliphatic heterocycles. The Labute approximate surface area is 225 Å². The van der Waals surface area contributed by atoms with E-state index < -0.39 is 23.9 Å².